The summed E-state index contributed by atoms with van der Waals surface area (Å²) in [5, 5.41) is 0. The fraction of sp³-hybridized carbons (Fsp3) is 0.882. The second kappa shape index (κ2) is 48.0. The number of unbranched alkanes of at least 4 members (excludes halogenated alkanes) is 32. The summed E-state index contributed by atoms with van der Waals surface area (Å²) >= 11 is 0. The third-order valence-electron chi connectivity index (χ3n) is 11.3. The van der Waals surface area contributed by atoms with Crippen LogP contribution < -0.4 is 5.73 Å². The maximum absolute atomic E-state index is 12.6. The van der Waals surface area contributed by atoms with Gasteiger partial charge in [0.05, 0.1) is 13.2 Å². The fourth-order valence-corrected chi connectivity index (χ4v) is 8.27. The van der Waals surface area contributed by atoms with Crippen LogP contribution in [0.15, 0.2) is 24.3 Å². The van der Waals surface area contributed by atoms with Crippen LogP contribution in [0.2, 0.25) is 0 Å². The Morgan fingerprint density at radius 1 is 0.492 bits per heavy atom. The zero-order valence-electron chi connectivity index (χ0n) is 39.9. The first kappa shape index (κ1) is 59.5. The Hall–Kier alpha value is -1.51. The summed E-state index contributed by atoms with van der Waals surface area (Å²) in [6.45, 7) is 3.73. The van der Waals surface area contributed by atoms with E-state index in [1.54, 1.807) is 0 Å². The summed E-state index contributed by atoms with van der Waals surface area (Å²) < 4.78 is 32.9. The van der Waals surface area contributed by atoms with Gasteiger partial charge in [-0.25, -0.2) is 4.57 Å². The number of carbonyl (C=O) groups excluding carboxylic acids is 2. The van der Waals surface area contributed by atoms with E-state index < -0.39 is 26.5 Å². The summed E-state index contributed by atoms with van der Waals surface area (Å²) in [6.07, 6.45) is 53.8. The second-order valence-electron chi connectivity index (χ2n) is 17.4. The van der Waals surface area contributed by atoms with Crippen LogP contribution in [0, 0.1) is 0 Å². The van der Waals surface area contributed by atoms with Crippen LogP contribution >= 0.6 is 7.82 Å². The van der Waals surface area contributed by atoms with Gasteiger partial charge in [0.15, 0.2) is 6.10 Å². The number of phosphoric acid groups is 1. The van der Waals surface area contributed by atoms with Crippen molar-refractivity contribution in [3.63, 3.8) is 0 Å². The van der Waals surface area contributed by atoms with Gasteiger partial charge in [0.1, 0.15) is 6.61 Å². The molecule has 0 aromatic rings. The number of esters is 2. The largest absolute Gasteiger partial charge is 0.472 e. The molecule has 3 N–H and O–H groups in total. The number of nitrogens with two attached hydrogens (primary N) is 1. The van der Waals surface area contributed by atoms with Crippen LogP contribution in [0.3, 0.4) is 0 Å². The minimum atomic E-state index is -4.39. The van der Waals surface area contributed by atoms with Crippen LogP contribution in [0.4, 0.5) is 0 Å². The Labute approximate surface area is 376 Å². The smallest absolute Gasteiger partial charge is 0.462 e. The van der Waals surface area contributed by atoms with Crippen molar-refractivity contribution >= 4 is 19.8 Å². The molecule has 0 bridgehead atoms. The molecule has 0 heterocycles. The lowest BCUT2D eigenvalue weighted by atomic mass is 10.0. The predicted octanol–water partition coefficient (Wildman–Crippen LogP) is 15.5. The zero-order chi connectivity index (χ0) is 44.6. The lowest BCUT2D eigenvalue weighted by Gasteiger charge is -2.19. The van der Waals surface area contributed by atoms with E-state index in [0.29, 0.717) is 6.42 Å². The molecule has 0 aliphatic rings. The van der Waals surface area contributed by atoms with Crippen LogP contribution in [0.1, 0.15) is 258 Å². The highest BCUT2D eigenvalue weighted by Gasteiger charge is 2.26. The SMILES string of the molecule is CCCCCCCCCCC/C=C/C/C=C/CCCC(=O)O[C@@H](COC(=O)CCCCCCCCCCCCCCCCCCCCCCCCC)COP(=O)(O)OCCN. The van der Waals surface area contributed by atoms with E-state index >= 15 is 0 Å². The molecule has 61 heavy (non-hydrogen) atoms. The number of carbonyl (C=O) groups is 2. The molecule has 0 aliphatic carbocycles. The fourth-order valence-electron chi connectivity index (χ4n) is 7.50. The molecule has 10 heteroatoms. The summed E-state index contributed by atoms with van der Waals surface area (Å²) in [6, 6.07) is 0. The molecule has 0 aliphatic heterocycles. The molecule has 0 spiro atoms. The first-order valence-corrected chi connectivity index (χ1v) is 27.3. The van der Waals surface area contributed by atoms with Gasteiger partial charge in [-0.2, -0.15) is 0 Å². The summed E-state index contributed by atoms with van der Waals surface area (Å²) in [5.74, 6) is -0.868. The standard InChI is InChI=1S/C51H98NO8P/c1-3-5-7-9-11-13-15-17-19-21-22-23-24-25-26-28-29-31-33-35-37-39-41-43-50(53)57-47-49(48-59-61(55,56)58-46-45-52)60-51(54)44-42-40-38-36-34-32-30-27-20-18-16-14-12-10-8-6-4-2/h30,32,36,38,49H,3-29,31,33-35,37,39-48,52H2,1-2H3,(H,55,56)/b32-30+,38-36+/t49-/m0/s1. The van der Waals surface area contributed by atoms with Crippen molar-refractivity contribution in [3.05, 3.63) is 24.3 Å². The molecule has 0 aromatic heterocycles. The van der Waals surface area contributed by atoms with Crippen molar-refractivity contribution in [1.29, 1.82) is 0 Å². The summed E-state index contributed by atoms with van der Waals surface area (Å²) in [4.78, 5) is 35.0. The predicted molar refractivity (Wildman–Crippen MR) is 257 cm³/mol. The van der Waals surface area contributed by atoms with Gasteiger partial charge < -0.3 is 20.1 Å². The molecular weight excluding hydrogens is 786 g/mol. The number of rotatable bonds is 49. The highest BCUT2D eigenvalue weighted by atomic mass is 31.2. The lowest BCUT2D eigenvalue weighted by Crippen LogP contribution is -2.29. The number of phosphoric ester groups is 1. The van der Waals surface area contributed by atoms with Gasteiger partial charge in [-0.05, 0) is 38.5 Å². The van der Waals surface area contributed by atoms with Crippen molar-refractivity contribution in [2.45, 2.75) is 264 Å². The monoisotopic (exact) mass is 884 g/mol. The number of hydrogen-bond acceptors (Lipinski definition) is 8. The van der Waals surface area contributed by atoms with E-state index in [1.165, 1.54) is 186 Å². The number of hydrogen-bond donors (Lipinski definition) is 2. The van der Waals surface area contributed by atoms with E-state index in [9.17, 15) is 19.0 Å². The number of allylic oxidation sites excluding steroid dienone is 4. The molecular formula is C51H98NO8P. The molecule has 0 amide bonds. The average molecular weight is 884 g/mol. The first-order valence-electron chi connectivity index (χ1n) is 25.8. The molecule has 0 fully saturated rings. The Morgan fingerprint density at radius 2 is 0.869 bits per heavy atom. The maximum atomic E-state index is 12.6. The lowest BCUT2D eigenvalue weighted by molar-refractivity contribution is -0.161. The molecule has 0 aromatic carbocycles. The Bertz CT molecular complexity index is 1050. The van der Waals surface area contributed by atoms with Crippen molar-refractivity contribution in [2.75, 3.05) is 26.4 Å². The molecule has 9 nitrogen and oxygen atoms in total. The van der Waals surface area contributed by atoms with Gasteiger partial charge in [-0.3, -0.25) is 18.6 Å². The average Bonchev–Trinajstić information content (AvgIpc) is 3.25. The minimum Gasteiger partial charge on any atom is -0.462 e. The second-order valence-corrected chi connectivity index (χ2v) is 18.9. The van der Waals surface area contributed by atoms with Gasteiger partial charge in [0.25, 0.3) is 0 Å². The molecule has 2 atom stereocenters. The quantitative estimate of drug-likeness (QED) is 0.0265. The summed E-state index contributed by atoms with van der Waals surface area (Å²) in [5.41, 5.74) is 5.36. The van der Waals surface area contributed by atoms with Gasteiger partial charge >= 0.3 is 19.8 Å². The molecule has 0 saturated heterocycles. The maximum Gasteiger partial charge on any atom is 0.472 e. The molecule has 1 unspecified atom stereocenters. The van der Waals surface area contributed by atoms with Crippen molar-refractivity contribution in [1.82, 2.24) is 0 Å². The van der Waals surface area contributed by atoms with Gasteiger partial charge in [-0.1, -0.05) is 231 Å². The zero-order valence-corrected chi connectivity index (χ0v) is 40.8. The Morgan fingerprint density at radius 3 is 1.30 bits per heavy atom. The van der Waals surface area contributed by atoms with Crippen LogP contribution in [0.5, 0.6) is 0 Å². The van der Waals surface area contributed by atoms with Gasteiger partial charge in [0.2, 0.25) is 0 Å². The Balaban J connectivity index is 4.03. The highest BCUT2D eigenvalue weighted by Crippen LogP contribution is 2.43. The van der Waals surface area contributed by atoms with Gasteiger partial charge in [0, 0.05) is 19.4 Å². The summed E-state index contributed by atoms with van der Waals surface area (Å²) in [7, 11) is -4.39. The molecule has 0 saturated carbocycles. The highest BCUT2D eigenvalue weighted by molar-refractivity contribution is 7.47. The van der Waals surface area contributed by atoms with E-state index in [1.807, 2.05) is 0 Å². The minimum absolute atomic E-state index is 0.0492. The van der Waals surface area contributed by atoms with E-state index in [0.717, 1.165) is 38.5 Å². The molecule has 360 valence electrons. The van der Waals surface area contributed by atoms with E-state index in [2.05, 4.69) is 38.2 Å². The van der Waals surface area contributed by atoms with Crippen LogP contribution in [-0.4, -0.2) is 49.3 Å². The number of ether oxygens (including phenoxy) is 2. The van der Waals surface area contributed by atoms with E-state index in [-0.39, 0.29) is 38.6 Å². The molecule has 0 rings (SSSR count). The van der Waals surface area contributed by atoms with Crippen molar-refractivity contribution in [2.24, 2.45) is 5.73 Å². The third-order valence-corrected chi connectivity index (χ3v) is 12.3. The topological polar surface area (TPSA) is 134 Å². The van der Waals surface area contributed by atoms with Crippen LogP contribution in [-0.2, 0) is 32.7 Å². The van der Waals surface area contributed by atoms with Crippen LogP contribution in [0.25, 0.3) is 0 Å². The van der Waals surface area contributed by atoms with Crippen molar-refractivity contribution in [3.8, 4) is 0 Å². The molecule has 0 radical (unpaired) electrons. The van der Waals surface area contributed by atoms with Crippen molar-refractivity contribution < 1.29 is 37.6 Å². The Kier molecular flexibility index (Phi) is 46.8. The first-order chi connectivity index (χ1) is 29.8. The third kappa shape index (κ3) is 47.8. The normalized spacial score (nSPS) is 13.3. The van der Waals surface area contributed by atoms with Gasteiger partial charge in [-0.15, -0.1) is 0 Å². The van der Waals surface area contributed by atoms with E-state index in [4.69, 9.17) is 24.3 Å².